The van der Waals surface area contributed by atoms with Gasteiger partial charge in [-0.3, -0.25) is 0 Å². The van der Waals surface area contributed by atoms with Crippen molar-refractivity contribution in [1.82, 2.24) is 4.90 Å². The molecule has 0 aliphatic carbocycles. The molecule has 8 heteroatoms. The van der Waals surface area contributed by atoms with Crippen LogP contribution in [0.3, 0.4) is 0 Å². The first-order chi connectivity index (χ1) is 13.6. The largest absolute Gasteiger partial charge is 0.491 e. The first kappa shape index (κ1) is 24.7. The lowest BCUT2D eigenvalue weighted by Gasteiger charge is -2.34. The Morgan fingerprint density at radius 1 is 1.07 bits per heavy atom. The lowest BCUT2D eigenvalue weighted by Crippen LogP contribution is -2.43. The molecule has 2 fully saturated rings. The van der Waals surface area contributed by atoms with Crippen LogP contribution in [0.15, 0.2) is 11.5 Å². The minimum absolute atomic E-state index is 0.0538. The van der Waals surface area contributed by atoms with Crippen LogP contribution in [0.4, 0.5) is 4.79 Å². The predicted molar refractivity (Wildman–Crippen MR) is 116 cm³/mol. The zero-order valence-corrected chi connectivity index (χ0v) is 20.0. The van der Waals surface area contributed by atoms with Gasteiger partial charge in [-0.25, -0.2) is 9.59 Å². The van der Waals surface area contributed by atoms with Gasteiger partial charge in [-0.2, -0.15) is 0 Å². The lowest BCUT2D eigenvalue weighted by atomic mass is 9.67. The summed E-state index contributed by atoms with van der Waals surface area (Å²) >= 11 is 0. The summed E-state index contributed by atoms with van der Waals surface area (Å²) in [4.78, 5) is 26.5. The van der Waals surface area contributed by atoms with Gasteiger partial charge in [-0.1, -0.05) is 0 Å². The van der Waals surface area contributed by atoms with Crippen LogP contribution < -0.4 is 0 Å². The molecule has 2 rings (SSSR count). The van der Waals surface area contributed by atoms with Gasteiger partial charge in [-0.05, 0) is 86.5 Å². The number of amides is 1. The van der Waals surface area contributed by atoms with E-state index in [-0.39, 0.29) is 18.1 Å². The summed E-state index contributed by atoms with van der Waals surface area (Å²) in [5.74, 6) is -0.345. The number of likely N-dealkylation sites (tertiary alicyclic amines) is 1. The summed E-state index contributed by atoms with van der Waals surface area (Å²) in [5.41, 5.74) is -0.753. The Hall–Kier alpha value is -1.54. The van der Waals surface area contributed by atoms with Crippen LogP contribution in [-0.4, -0.2) is 60.1 Å². The second-order valence-electron chi connectivity index (χ2n) is 10.5. The van der Waals surface area contributed by atoms with Crippen LogP contribution in [0.2, 0.25) is 0 Å². The van der Waals surface area contributed by atoms with E-state index >= 15 is 0 Å². The van der Waals surface area contributed by atoms with E-state index in [1.807, 2.05) is 62.3 Å². The third-order valence-corrected chi connectivity index (χ3v) is 5.78. The topological polar surface area (TPSA) is 74.3 Å². The van der Waals surface area contributed by atoms with Crippen molar-refractivity contribution in [2.24, 2.45) is 5.92 Å². The summed E-state index contributed by atoms with van der Waals surface area (Å²) in [5, 5.41) is 0. The number of ether oxygens (including phenoxy) is 2. The van der Waals surface area contributed by atoms with Crippen molar-refractivity contribution < 1.29 is 28.4 Å². The number of carbonyl (C=O) groups excluding carboxylic acids is 2. The average molecular weight is 423 g/mol. The number of hydrogen-bond donors (Lipinski definition) is 0. The number of hydrogen-bond acceptors (Lipinski definition) is 6. The van der Waals surface area contributed by atoms with Gasteiger partial charge >= 0.3 is 19.2 Å². The summed E-state index contributed by atoms with van der Waals surface area (Å²) in [6.07, 6.45) is 2.41. The quantitative estimate of drug-likeness (QED) is 0.384. The third-order valence-electron chi connectivity index (χ3n) is 5.78. The van der Waals surface area contributed by atoms with Crippen LogP contribution in [0.5, 0.6) is 0 Å². The highest BCUT2D eigenvalue weighted by atomic mass is 16.7. The molecule has 0 spiro atoms. The molecular weight excluding hydrogens is 385 g/mol. The van der Waals surface area contributed by atoms with Gasteiger partial charge in [0.2, 0.25) is 0 Å². The van der Waals surface area contributed by atoms with Gasteiger partial charge in [0.25, 0.3) is 0 Å². The smallest absolute Gasteiger partial charge is 0.460 e. The third kappa shape index (κ3) is 6.23. The number of allylic oxidation sites excluding steroid dienone is 1. The van der Waals surface area contributed by atoms with Gasteiger partial charge in [0.05, 0.1) is 17.3 Å². The van der Waals surface area contributed by atoms with Crippen LogP contribution in [0.1, 0.15) is 75.2 Å². The molecule has 30 heavy (non-hydrogen) atoms. The molecule has 0 unspecified atom stereocenters. The van der Waals surface area contributed by atoms with Crippen LogP contribution in [-0.2, 0) is 23.6 Å². The molecule has 0 aromatic rings. The van der Waals surface area contributed by atoms with Crippen molar-refractivity contribution in [1.29, 1.82) is 0 Å². The van der Waals surface area contributed by atoms with Crippen molar-refractivity contribution in [3.05, 3.63) is 11.5 Å². The number of nitrogens with zero attached hydrogens (tertiary/aromatic N) is 1. The second-order valence-corrected chi connectivity index (χ2v) is 10.5. The normalized spacial score (nSPS) is 22.4. The SMILES string of the molecule is CC(C)OC(=O)C=C(B1OC(C)(C)C(C)(C)O1)C1CCN(C(=O)OC(C)(C)C)CC1. The molecule has 7 nitrogen and oxygen atoms in total. The Kier molecular flexibility index (Phi) is 7.35. The number of esters is 1. The summed E-state index contributed by atoms with van der Waals surface area (Å²) < 4.78 is 23.3. The molecule has 2 aliphatic rings. The zero-order valence-electron chi connectivity index (χ0n) is 20.0. The van der Waals surface area contributed by atoms with Crippen molar-refractivity contribution >= 4 is 19.2 Å². The molecule has 1 amide bonds. The molecule has 2 saturated heterocycles. The predicted octanol–water partition coefficient (Wildman–Crippen LogP) is 4.14. The van der Waals surface area contributed by atoms with Crippen LogP contribution >= 0.6 is 0 Å². The van der Waals surface area contributed by atoms with E-state index in [1.54, 1.807) is 4.90 Å². The molecule has 0 saturated carbocycles. The number of rotatable bonds is 4. The van der Waals surface area contributed by atoms with E-state index in [2.05, 4.69) is 0 Å². The molecule has 0 N–H and O–H groups in total. The van der Waals surface area contributed by atoms with Crippen LogP contribution in [0.25, 0.3) is 0 Å². The van der Waals surface area contributed by atoms with E-state index in [4.69, 9.17) is 18.8 Å². The summed E-state index contributed by atoms with van der Waals surface area (Å²) in [6.45, 7) is 18.3. The molecule has 0 bridgehead atoms. The Balaban J connectivity index is 2.16. The van der Waals surface area contributed by atoms with Crippen molar-refractivity contribution in [3.63, 3.8) is 0 Å². The van der Waals surface area contributed by atoms with Gasteiger partial charge in [0.15, 0.2) is 0 Å². The second kappa shape index (κ2) is 8.91. The van der Waals surface area contributed by atoms with Gasteiger partial charge in [0, 0.05) is 19.2 Å². The number of carbonyl (C=O) groups is 2. The van der Waals surface area contributed by atoms with Crippen molar-refractivity contribution in [2.45, 2.75) is 98.1 Å². The highest BCUT2D eigenvalue weighted by molar-refractivity contribution is 6.55. The maximum atomic E-state index is 12.4. The summed E-state index contributed by atoms with van der Waals surface area (Å²) in [7, 11) is -0.618. The Bertz CT molecular complexity index is 656. The molecule has 0 atom stereocenters. The first-order valence-electron chi connectivity index (χ1n) is 10.9. The average Bonchev–Trinajstić information content (AvgIpc) is 2.78. The monoisotopic (exact) mass is 423 g/mol. The maximum Gasteiger partial charge on any atom is 0.491 e. The van der Waals surface area contributed by atoms with E-state index < -0.39 is 29.9 Å². The molecule has 0 aromatic heterocycles. The van der Waals surface area contributed by atoms with Crippen molar-refractivity contribution in [2.75, 3.05) is 13.1 Å². The van der Waals surface area contributed by atoms with Gasteiger partial charge in [-0.15, -0.1) is 0 Å². The van der Waals surface area contributed by atoms with E-state index in [9.17, 15) is 9.59 Å². The number of piperidine rings is 1. The highest BCUT2D eigenvalue weighted by Crippen LogP contribution is 2.41. The standard InChI is InChI=1S/C22H38BNO6/c1-15(2)27-18(25)14-17(23-29-21(6,7)22(8,9)30-23)16-10-12-24(13-11-16)19(26)28-20(3,4)5/h14-16H,10-13H2,1-9H3. The molecule has 2 aliphatic heterocycles. The first-order valence-corrected chi connectivity index (χ1v) is 10.9. The highest BCUT2D eigenvalue weighted by Gasteiger charge is 2.53. The molecule has 2 heterocycles. The van der Waals surface area contributed by atoms with Gasteiger partial charge < -0.3 is 23.7 Å². The fraction of sp³-hybridized carbons (Fsp3) is 0.818. The Morgan fingerprint density at radius 2 is 1.57 bits per heavy atom. The van der Waals surface area contributed by atoms with E-state index in [0.29, 0.717) is 25.9 Å². The van der Waals surface area contributed by atoms with E-state index in [0.717, 1.165) is 5.47 Å². The molecular formula is C22H38BNO6. The minimum Gasteiger partial charge on any atom is -0.460 e. The minimum atomic E-state index is -0.618. The molecule has 0 aromatic carbocycles. The zero-order chi connectivity index (χ0) is 22.9. The van der Waals surface area contributed by atoms with E-state index in [1.165, 1.54) is 6.08 Å². The maximum absolute atomic E-state index is 12.4. The van der Waals surface area contributed by atoms with Gasteiger partial charge in [0.1, 0.15) is 5.60 Å². The Morgan fingerprint density at radius 3 is 2.00 bits per heavy atom. The summed E-state index contributed by atoms with van der Waals surface area (Å²) in [6, 6.07) is 0. The lowest BCUT2D eigenvalue weighted by molar-refractivity contribution is -0.141. The Labute approximate surface area is 181 Å². The molecule has 170 valence electrons. The fourth-order valence-electron chi connectivity index (χ4n) is 3.48. The molecule has 0 radical (unpaired) electrons. The van der Waals surface area contributed by atoms with Crippen LogP contribution in [0, 0.1) is 5.92 Å². The van der Waals surface area contributed by atoms with Crippen molar-refractivity contribution in [3.8, 4) is 0 Å². The fourth-order valence-corrected chi connectivity index (χ4v) is 3.48.